The molecule has 0 aliphatic heterocycles. The van der Waals surface area contributed by atoms with Crippen LogP contribution in [0.15, 0.2) is 12.4 Å². The number of aromatic nitrogens is 2. The minimum absolute atomic E-state index is 0.148. The topological polar surface area (TPSA) is 117 Å². The maximum Gasteiger partial charge on any atom is 0.325 e. The minimum atomic E-state index is -0.637. The van der Waals surface area contributed by atoms with Crippen LogP contribution in [0.3, 0.4) is 0 Å². The molecule has 110 valence electrons. The molecule has 0 fully saturated rings. The Labute approximate surface area is 115 Å². The van der Waals surface area contributed by atoms with Gasteiger partial charge in [-0.05, 0) is 0 Å². The smallest absolute Gasteiger partial charge is 0.325 e. The SMILES string of the molecule is COC(=O)CN(CC(=O)OC)C(=O)Cn1cc(N)cn1. The van der Waals surface area contributed by atoms with Gasteiger partial charge in [-0.2, -0.15) is 5.10 Å². The monoisotopic (exact) mass is 284 g/mol. The zero-order valence-electron chi connectivity index (χ0n) is 11.2. The summed E-state index contributed by atoms with van der Waals surface area (Å²) < 4.78 is 10.3. The first kappa shape index (κ1) is 15.5. The lowest BCUT2D eigenvalue weighted by molar-refractivity contribution is -0.152. The van der Waals surface area contributed by atoms with E-state index < -0.39 is 17.8 Å². The highest BCUT2D eigenvalue weighted by atomic mass is 16.5. The molecule has 0 aliphatic carbocycles. The third kappa shape index (κ3) is 4.59. The number of esters is 2. The molecule has 20 heavy (non-hydrogen) atoms. The molecular weight excluding hydrogens is 268 g/mol. The molecule has 0 saturated carbocycles. The number of hydrogen-bond donors (Lipinski definition) is 1. The van der Waals surface area contributed by atoms with Gasteiger partial charge in [0.05, 0.1) is 26.1 Å². The molecule has 0 atom stereocenters. The number of carbonyl (C=O) groups is 3. The fourth-order valence-corrected chi connectivity index (χ4v) is 1.38. The molecule has 0 aromatic carbocycles. The van der Waals surface area contributed by atoms with Crippen LogP contribution in [0.25, 0.3) is 0 Å². The fraction of sp³-hybridized carbons (Fsp3) is 0.455. The molecule has 0 aliphatic rings. The summed E-state index contributed by atoms with van der Waals surface area (Å²) in [6, 6.07) is 0. The molecule has 1 rings (SSSR count). The quantitative estimate of drug-likeness (QED) is 0.641. The summed E-state index contributed by atoms with van der Waals surface area (Å²) in [5.41, 5.74) is 5.89. The van der Waals surface area contributed by atoms with E-state index in [0.717, 1.165) is 4.90 Å². The molecule has 9 heteroatoms. The van der Waals surface area contributed by atoms with Gasteiger partial charge in [0.1, 0.15) is 19.6 Å². The third-order valence-electron chi connectivity index (χ3n) is 2.40. The van der Waals surface area contributed by atoms with Crippen molar-refractivity contribution < 1.29 is 23.9 Å². The van der Waals surface area contributed by atoms with Crippen LogP contribution in [0.2, 0.25) is 0 Å². The Morgan fingerprint density at radius 1 is 1.25 bits per heavy atom. The standard InChI is InChI=1S/C11H16N4O5/c1-19-10(17)6-14(7-11(18)20-2)9(16)5-15-4-8(12)3-13-15/h3-4H,5-7,12H2,1-2H3. The van der Waals surface area contributed by atoms with E-state index in [1.54, 1.807) is 0 Å². The van der Waals surface area contributed by atoms with Crippen molar-refractivity contribution in [3.8, 4) is 0 Å². The summed E-state index contributed by atoms with van der Waals surface area (Å²) in [6.07, 6.45) is 2.85. The highest BCUT2D eigenvalue weighted by molar-refractivity contribution is 5.85. The summed E-state index contributed by atoms with van der Waals surface area (Å²) in [5, 5.41) is 3.85. The summed E-state index contributed by atoms with van der Waals surface area (Å²) in [6.45, 7) is -0.840. The molecule has 0 radical (unpaired) electrons. The second-order valence-corrected chi connectivity index (χ2v) is 3.87. The van der Waals surface area contributed by atoms with E-state index in [1.165, 1.54) is 31.3 Å². The van der Waals surface area contributed by atoms with E-state index in [9.17, 15) is 14.4 Å². The van der Waals surface area contributed by atoms with E-state index in [1.807, 2.05) is 0 Å². The number of methoxy groups -OCH3 is 2. The molecule has 1 heterocycles. The Kier molecular flexibility index (Phi) is 5.51. The molecule has 0 saturated heterocycles. The Morgan fingerprint density at radius 2 is 1.80 bits per heavy atom. The number of amides is 1. The number of rotatable bonds is 6. The lowest BCUT2D eigenvalue weighted by Gasteiger charge is -2.19. The van der Waals surface area contributed by atoms with Gasteiger partial charge in [-0.25, -0.2) is 0 Å². The number of hydrogen-bond acceptors (Lipinski definition) is 7. The molecular formula is C11H16N4O5. The van der Waals surface area contributed by atoms with Crippen molar-refractivity contribution >= 4 is 23.5 Å². The molecule has 2 N–H and O–H groups in total. The maximum atomic E-state index is 12.0. The van der Waals surface area contributed by atoms with Gasteiger partial charge in [0.25, 0.3) is 0 Å². The van der Waals surface area contributed by atoms with Crippen LogP contribution in [0, 0.1) is 0 Å². The van der Waals surface area contributed by atoms with E-state index >= 15 is 0 Å². The Bertz CT molecular complexity index is 481. The molecule has 1 aromatic heterocycles. The predicted molar refractivity (Wildman–Crippen MR) is 67.3 cm³/mol. The molecule has 1 aromatic rings. The first-order valence-corrected chi connectivity index (χ1v) is 5.65. The molecule has 1 amide bonds. The van der Waals surface area contributed by atoms with Crippen molar-refractivity contribution in [1.29, 1.82) is 0 Å². The highest BCUT2D eigenvalue weighted by Gasteiger charge is 2.21. The van der Waals surface area contributed by atoms with Gasteiger partial charge in [0, 0.05) is 6.20 Å². The molecule has 0 spiro atoms. The van der Waals surface area contributed by atoms with Crippen LogP contribution in [-0.4, -0.2) is 59.8 Å². The number of carbonyl (C=O) groups excluding carboxylic acids is 3. The largest absolute Gasteiger partial charge is 0.468 e. The average molecular weight is 284 g/mol. The predicted octanol–water partition coefficient (Wildman–Crippen LogP) is -1.36. The van der Waals surface area contributed by atoms with E-state index in [4.69, 9.17) is 5.73 Å². The minimum Gasteiger partial charge on any atom is -0.468 e. The van der Waals surface area contributed by atoms with Crippen LogP contribution in [-0.2, 0) is 30.4 Å². The first-order valence-electron chi connectivity index (χ1n) is 5.65. The van der Waals surface area contributed by atoms with Gasteiger partial charge in [-0.1, -0.05) is 0 Å². The summed E-state index contributed by atoms with van der Waals surface area (Å²) >= 11 is 0. The van der Waals surface area contributed by atoms with Gasteiger partial charge in [0.15, 0.2) is 0 Å². The van der Waals surface area contributed by atoms with Crippen LogP contribution < -0.4 is 5.73 Å². The number of anilines is 1. The van der Waals surface area contributed by atoms with Gasteiger partial charge in [-0.3, -0.25) is 19.1 Å². The van der Waals surface area contributed by atoms with Gasteiger partial charge >= 0.3 is 11.9 Å². The van der Waals surface area contributed by atoms with Crippen LogP contribution in [0.5, 0.6) is 0 Å². The van der Waals surface area contributed by atoms with Gasteiger partial charge in [-0.15, -0.1) is 0 Å². The highest BCUT2D eigenvalue weighted by Crippen LogP contribution is 2.00. The zero-order chi connectivity index (χ0) is 15.1. The van der Waals surface area contributed by atoms with Crippen molar-refractivity contribution in [3.05, 3.63) is 12.4 Å². The van der Waals surface area contributed by atoms with Gasteiger partial charge in [0.2, 0.25) is 5.91 Å². The molecule has 0 bridgehead atoms. The number of nitrogens with two attached hydrogens (primary N) is 1. The Hall–Kier alpha value is -2.58. The molecule has 0 unspecified atom stereocenters. The lowest BCUT2D eigenvalue weighted by atomic mass is 10.4. The summed E-state index contributed by atoms with van der Waals surface area (Å²) in [7, 11) is 2.38. The van der Waals surface area contributed by atoms with E-state index in [2.05, 4.69) is 14.6 Å². The van der Waals surface area contributed by atoms with Crippen LogP contribution >= 0.6 is 0 Å². The second-order valence-electron chi connectivity index (χ2n) is 3.87. The normalized spacial score (nSPS) is 9.90. The van der Waals surface area contributed by atoms with Crippen LogP contribution in [0.1, 0.15) is 0 Å². The van der Waals surface area contributed by atoms with E-state index in [0.29, 0.717) is 5.69 Å². The van der Waals surface area contributed by atoms with Crippen molar-refractivity contribution in [2.24, 2.45) is 0 Å². The van der Waals surface area contributed by atoms with Gasteiger partial charge < -0.3 is 20.1 Å². The zero-order valence-corrected chi connectivity index (χ0v) is 11.2. The number of nitrogens with zero attached hydrogens (tertiary/aromatic N) is 3. The van der Waals surface area contributed by atoms with Crippen molar-refractivity contribution in [1.82, 2.24) is 14.7 Å². The number of nitrogen functional groups attached to an aromatic ring is 1. The van der Waals surface area contributed by atoms with Crippen molar-refractivity contribution in [3.63, 3.8) is 0 Å². The summed E-state index contributed by atoms with van der Waals surface area (Å²) in [4.78, 5) is 35.5. The van der Waals surface area contributed by atoms with E-state index in [-0.39, 0.29) is 19.6 Å². The van der Waals surface area contributed by atoms with Crippen molar-refractivity contribution in [2.75, 3.05) is 33.0 Å². The third-order valence-corrected chi connectivity index (χ3v) is 2.40. The van der Waals surface area contributed by atoms with Crippen LogP contribution in [0.4, 0.5) is 5.69 Å². The Balaban J connectivity index is 2.72. The average Bonchev–Trinajstić information content (AvgIpc) is 2.82. The summed E-state index contributed by atoms with van der Waals surface area (Å²) in [5.74, 6) is -1.76. The Morgan fingerprint density at radius 3 is 2.20 bits per heavy atom. The first-order chi connectivity index (χ1) is 9.46. The van der Waals surface area contributed by atoms with Crippen molar-refractivity contribution in [2.45, 2.75) is 6.54 Å². The molecule has 9 nitrogen and oxygen atoms in total. The lowest BCUT2D eigenvalue weighted by Crippen LogP contribution is -2.41. The second kappa shape index (κ2) is 7.12. The number of ether oxygens (including phenoxy) is 2. The maximum absolute atomic E-state index is 12.0. The fourth-order valence-electron chi connectivity index (χ4n) is 1.38.